The van der Waals surface area contributed by atoms with E-state index in [2.05, 4.69) is 12.1 Å². The molecule has 0 saturated carbocycles. The number of nitrogens with zero attached hydrogens (tertiary/aromatic N) is 3. The van der Waals surface area contributed by atoms with Crippen LogP contribution in [0.25, 0.3) is 11.8 Å². The molecule has 43 heavy (non-hydrogen) atoms. The highest BCUT2D eigenvalue weighted by Crippen LogP contribution is 2.41. The Labute approximate surface area is 249 Å². The van der Waals surface area contributed by atoms with Crippen molar-refractivity contribution in [3.8, 4) is 5.75 Å². The maximum Gasteiger partial charge on any atom is 0.271 e. The molecule has 0 amide bonds. The van der Waals surface area contributed by atoms with Gasteiger partial charge in [0.1, 0.15) is 18.2 Å². The van der Waals surface area contributed by atoms with Gasteiger partial charge in [-0.05, 0) is 83.1 Å². The standard InChI is InChI=1S/C34H24FN3O4S/c35-25-12-9-24(10-13-25)32-29-18-11-23-3-1-2-4-28(23)31(29)36-34-37(32)33(39)30(43-34)19-21-7-16-27(17-8-21)42-20-22-5-14-26(15-6-22)38(40)41/h1-10,12-17,19,32H,11,18,20H2/b30-19+/t32-/m0/s1. The van der Waals surface area contributed by atoms with Gasteiger partial charge in [0.15, 0.2) is 4.80 Å². The van der Waals surface area contributed by atoms with Crippen molar-refractivity contribution in [3.63, 3.8) is 0 Å². The highest BCUT2D eigenvalue weighted by atomic mass is 32.1. The molecule has 2 heterocycles. The van der Waals surface area contributed by atoms with Crippen LogP contribution in [0.3, 0.4) is 0 Å². The van der Waals surface area contributed by atoms with Gasteiger partial charge in [-0.2, -0.15) is 0 Å². The second-order valence-electron chi connectivity index (χ2n) is 10.4. The van der Waals surface area contributed by atoms with E-state index in [0.29, 0.717) is 15.1 Å². The van der Waals surface area contributed by atoms with Crippen LogP contribution in [0.5, 0.6) is 5.75 Å². The van der Waals surface area contributed by atoms with Crippen LogP contribution in [0.1, 0.15) is 40.3 Å². The molecular weight excluding hydrogens is 565 g/mol. The maximum atomic E-state index is 13.9. The molecule has 0 radical (unpaired) electrons. The summed E-state index contributed by atoms with van der Waals surface area (Å²) >= 11 is 1.34. The largest absolute Gasteiger partial charge is 0.489 e. The summed E-state index contributed by atoms with van der Waals surface area (Å²) in [5, 5.41) is 10.9. The summed E-state index contributed by atoms with van der Waals surface area (Å²) in [6.07, 6.45) is 3.47. The first kappa shape index (κ1) is 26.7. The molecule has 2 aliphatic rings. The molecule has 0 bridgehead atoms. The lowest BCUT2D eigenvalue weighted by molar-refractivity contribution is -0.384. The third-order valence-corrected chi connectivity index (χ3v) is 8.77. The lowest BCUT2D eigenvalue weighted by Crippen LogP contribution is -2.38. The average Bonchev–Trinajstić information content (AvgIpc) is 3.34. The molecule has 7 nitrogen and oxygen atoms in total. The summed E-state index contributed by atoms with van der Waals surface area (Å²) in [7, 11) is 0. The third-order valence-electron chi connectivity index (χ3n) is 7.79. The first-order valence-electron chi connectivity index (χ1n) is 13.8. The summed E-state index contributed by atoms with van der Waals surface area (Å²) in [5.41, 5.74) is 6.69. The molecule has 212 valence electrons. The molecule has 0 unspecified atom stereocenters. The predicted molar refractivity (Wildman–Crippen MR) is 163 cm³/mol. The number of benzene rings is 4. The van der Waals surface area contributed by atoms with Crippen molar-refractivity contribution >= 4 is 28.8 Å². The van der Waals surface area contributed by atoms with E-state index in [4.69, 9.17) is 9.73 Å². The number of nitro groups is 1. The zero-order chi connectivity index (χ0) is 29.5. The molecule has 1 aliphatic heterocycles. The quantitative estimate of drug-likeness (QED) is 0.181. The molecule has 1 aromatic heterocycles. The number of ether oxygens (including phenoxy) is 1. The summed E-state index contributed by atoms with van der Waals surface area (Å²) in [4.78, 5) is 30.0. The first-order chi connectivity index (χ1) is 20.9. The van der Waals surface area contributed by atoms with Gasteiger partial charge in [-0.1, -0.05) is 59.9 Å². The fourth-order valence-corrected chi connectivity index (χ4v) is 6.66. The van der Waals surface area contributed by atoms with E-state index in [1.165, 1.54) is 41.2 Å². The number of aryl methyl sites for hydroxylation is 1. The molecular formula is C34H24FN3O4S. The topological polar surface area (TPSA) is 86.7 Å². The Bertz CT molecular complexity index is 2080. The number of non-ortho nitro benzene ring substituents is 1. The van der Waals surface area contributed by atoms with Crippen molar-refractivity contribution < 1.29 is 14.1 Å². The van der Waals surface area contributed by atoms with Gasteiger partial charge in [-0.3, -0.25) is 19.5 Å². The molecule has 9 heteroatoms. The Kier molecular flexibility index (Phi) is 6.79. The van der Waals surface area contributed by atoms with Gasteiger partial charge < -0.3 is 4.74 Å². The molecule has 1 aliphatic carbocycles. The maximum absolute atomic E-state index is 13.9. The monoisotopic (exact) mass is 589 g/mol. The predicted octanol–water partition coefficient (Wildman–Crippen LogP) is 5.95. The van der Waals surface area contributed by atoms with E-state index in [0.717, 1.165) is 46.4 Å². The van der Waals surface area contributed by atoms with E-state index in [-0.39, 0.29) is 29.7 Å². The van der Waals surface area contributed by atoms with Crippen LogP contribution in [0.4, 0.5) is 10.1 Å². The lowest BCUT2D eigenvalue weighted by Gasteiger charge is -2.30. The number of nitro benzene ring substituents is 1. The van der Waals surface area contributed by atoms with E-state index >= 15 is 0 Å². The van der Waals surface area contributed by atoms with Crippen LogP contribution in [0, 0.1) is 15.9 Å². The van der Waals surface area contributed by atoms with Crippen molar-refractivity contribution in [3.05, 3.63) is 166 Å². The molecule has 0 spiro atoms. The van der Waals surface area contributed by atoms with E-state index in [1.807, 2.05) is 42.5 Å². The molecule has 0 N–H and O–H groups in total. The fraction of sp³-hybridized carbons (Fsp3) is 0.118. The molecule has 7 rings (SSSR count). The highest BCUT2D eigenvalue weighted by molar-refractivity contribution is 7.07. The molecule has 5 aromatic rings. The summed E-state index contributed by atoms with van der Waals surface area (Å²) < 4.78 is 22.0. The van der Waals surface area contributed by atoms with E-state index in [9.17, 15) is 19.3 Å². The lowest BCUT2D eigenvalue weighted by atomic mass is 9.83. The van der Waals surface area contributed by atoms with Gasteiger partial charge >= 0.3 is 0 Å². The minimum Gasteiger partial charge on any atom is -0.489 e. The Hall–Kier alpha value is -5.15. The minimum atomic E-state index is -0.434. The third kappa shape index (κ3) is 5.08. The van der Waals surface area contributed by atoms with Crippen molar-refractivity contribution in [1.29, 1.82) is 0 Å². The molecule has 1 atom stereocenters. The zero-order valence-electron chi connectivity index (χ0n) is 22.8. The first-order valence-corrected chi connectivity index (χ1v) is 14.6. The number of hydrogen-bond donors (Lipinski definition) is 0. The molecule has 0 saturated heterocycles. The number of allylic oxidation sites excluding steroid dienone is 1. The summed E-state index contributed by atoms with van der Waals surface area (Å²) in [5.74, 6) is 0.319. The smallest absolute Gasteiger partial charge is 0.271 e. The molecule has 4 aromatic carbocycles. The van der Waals surface area contributed by atoms with Crippen LogP contribution in [0.2, 0.25) is 0 Å². The van der Waals surface area contributed by atoms with Gasteiger partial charge in [0, 0.05) is 17.7 Å². The number of hydrogen-bond acceptors (Lipinski definition) is 6. The van der Waals surface area contributed by atoms with Crippen LogP contribution in [-0.2, 0) is 13.0 Å². The fourth-order valence-electron chi connectivity index (χ4n) is 5.66. The van der Waals surface area contributed by atoms with Crippen molar-refractivity contribution in [1.82, 2.24) is 4.57 Å². The van der Waals surface area contributed by atoms with Gasteiger partial charge in [0.05, 0.1) is 21.2 Å². The average molecular weight is 590 g/mol. The van der Waals surface area contributed by atoms with Crippen LogP contribution < -0.4 is 19.6 Å². The second kappa shape index (κ2) is 10.9. The van der Waals surface area contributed by atoms with Gasteiger partial charge in [0.2, 0.25) is 0 Å². The van der Waals surface area contributed by atoms with Crippen molar-refractivity contribution in [2.24, 2.45) is 4.99 Å². The molecule has 0 fully saturated rings. The Morgan fingerprint density at radius 3 is 2.47 bits per heavy atom. The normalized spacial score (nSPS) is 15.7. The number of aromatic nitrogens is 1. The number of halogens is 1. The minimum absolute atomic E-state index is 0.0346. The number of thiazole rings is 1. The van der Waals surface area contributed by atoms with Gasteiger partial charge in [0.25, 0.3) is 11.2 Å². The van der Waals surface area contributed by atoms with E-state index in [1.54, 1.807) is 28.8 Å². The van der Waals surface area contributed by atoms with Gasteiger partial charge in [-0.25, -0.2) is 9.38 Å². The van der Waals surface area contributed by atoms with Gasteiger partial charge in [-0.15, -0.1) is 0 Å². The highest BCUT2D eigenvalue weighted by Gasteiger charge is 2.32. The van der Waals surface area contributed by atoms with Crippen LogP contribution in [0.15, 0.2) is 112 Å². The van der Waals surface area contributed by atoms with Crippen molar-refractivity contribution in [2.75, 3.05) is 0 Å². The second-order valence-corrected chi connectivity index (χ2v) is 11.5. The summed E-state index contributed by atoms with van der Waals surface area (Å²) in [6.45, 7) is 0.271. The van der Waals surface area contributed by atoms with Crippen LogP contribution in [-0.4, -0.2) is 9.49 Å². The zero-order valence-corrected chi connectivity index (χ0v) is 23.6. The SMILES string of the molecule is O=c1/c(=C\c2ccc(OCc3ccc([N+](=O)[O-])cc3)cc2)sc2n1[C@@H](c1ccc(F)cc1)C1=C(N=2)c2ccccc2CC1. The Balaban J connectivity index is 1.22. The number of fused-ring (bicyclic) bond motifs is 3. The Morgan fingerprint density at radius 1 is 0.977 bits per heavy atom. The summed E-state index contributed by atoms with van der Waals surface area (Å²) in [6, 6.07) is 27.9. The number of rotatable bonds is 6. The van der Waals surface area contributed by atoms with Crippen molar-refractivity contribution in [2.45, 2.75) is 25.5 Å². The Morgan fingerprint density at radius 2 is 1.72 bits per heavy atom. The van der Waals surface area contributed by atoms with E-state index < -0.39 is 4.92 Å². The van der Waals surface area contributed by atoms with Crippen LogP contribution >= 0.6 is 11.3 Å².